The lowest BCUT2D eigenvalue weighted by Gasteiger charge is -2.31. The van der Waals surface area contributed by atoms with Crippen molar-refractivity contribution in [1.82, 2.24) is 0 Å². The molecule has 14 heavy (non-hydrogen) atoms. The van der Waals surface area contributed by atoms with Gasteiger partial charge in [-0.1, -0.05) is 37.6 Å². The quantitative estimate of drug-likeness (QED) is 0.681. The second-order valence-electron chi connectivity index (χ2n) is 4.88. The Hall–Kier alpha value is -0.560. The summed E-state index contributed by atoms with van der Waals surface area (Å²) in [4.78, 5) is 0. The van der Waals surface area contributed by atoms with Crippen molar-refractivity contribution >= 4 is 0 Å². The van der Waals surface area contributed by atoms with Crippen LogP contribution in [0.15, 0.2) is 23.8 Å². The zero-order chi connectivity index (χ0) is 10.8. The van der Waals surface area contributed by atoms with Crippen LogP contribution in [-0.4, -0.2) is 11.7 Å². The van der Waals surface area contributed by atoms with Crippen molar-refractivity contribution in [2.45, 2.75) is 40.0 Å². The van der Waals surface area contributed by atoms with E-state index in [9.17, 15) is 0 Å². The molecule has 0 amide bonds. The van der Waals surface area contributed by atoms with Crippen LogP contribution in [0.25, 0.3) is 0 Å². The van der Waals surface area contributed by atoms with Crippen LogP contribution in [0.1, 0.15) is 40.0 Å². The van der Waals surface area contributed by atoms with Crippen LogP contribution in [0.2, 0.25) is 0 Å². The van der Waals surface area contributed by atoms with Crippen LogP contribution in [0.3, 0.4) is 0 Å². The number of aliphatic hydroxyl groups is 1. The predicted molar refractivity (Wildman–Crippen MR) is 61.1 cm³/mol. The molecule has 0 bridgehead atoms. The molecule has 0 radical (unpaired) electrons. The maximum Gasteiger partial charge on any atom is 0.0434 e. The molecule has 0 saturated heterocycles. The smallest absolute Gasteiger partial charge is 0.0434 e. The minimum Gasteiger partial charge on any atom is -0.396 e. The van der Waals surface area contributed by atoms with Crippen molar-refractivity contribution in [2.24, 2.45) is 11.3 Å². The van der Waals surface area contributed by atoms with Gasteiger partial charge in [-0.25, -0.2) is 0 Å². The van der Waals surface area contributed by atoms with E-state index in [4.69, 9.17) is 5.11 Å². The molecule has 0 saturated carbocycles. The highest BCUT2D eigenvalue weighted by Crippen LogP contribution is 2.46. The minimum atomic E-state index is 0.270. The average molecular weight is 194 g/mol. The first-order valence-electron chi connectivity index (χ1n) is 5.46. The van der Waals surface area contributed by atoms with Gasteiger partial charge >= 0.3 is 0 Å². The lowest BCUT2D eigenvalue weighted by atomic mass is 9.73. The molecular formula is C13H22O. The second-order valence-corrected chi connectivity index (χ2v) is 4.88. The van der Waals surface area contributed by atoms with Gasteiger partial charge in [0.05, 0.1) is 0 Å². The fourth-order valence-electron chi connectivity index (χ4n) is 2.28. The summed E-state index contributed by atoms with van der Waals surface area (Å²) in [5.41, 5.74) is 3.05. The van der Waals surface area contributed by atoms with Gasteiger partial charge in [0.2, 0.25) is 0 Å². The predicted octanol–water partition coefficient (Wildman–Crippen LogP) is 3.31. The number of allylic oxidation sites excluding steroid dienone is 3. The van der Waals surface area contributed by atoms with Gasteiger partial charge < -0.3 is 5.11 Å². The van der Waals surface area contributed by atoms with Crippen molar-refractivity contribution < 1.29 is 5.11 Å². The molecule has 1 atom stereocenters. The molecule has 1 nitrogen and oxygen atoms in total. The molecule has 1 heteroatoms. The Kier molecular flexibility index (Phi) is 3.54. The van der Waals surface area contributed by atoms with E-state index in [2.05, 4.69) is 33.4 Å². The zero-order valence-electron chi connectivity index (χ0n) is 9.64. The second kappa shape index (κ2) is 4.31. The third-order valence-corrected chi connectivity index (χ3v) is 3.70. The Bertz CT molecular complexity index is 248. The van der Waals surface area contributed by atoms with E-state index in [0.29, 0.717) is 5.92 Å². The van der Waals surface area contributed by atoms with Crippen LogP contribution in [0, 0.1) is 11.3 Å². The van der Waals surface area contributed by atoms with Gasteiger partial charge in [-0.05, 0) is 37.5 Å². The molecule has 1 rings (SSSR count). The minimum absolute atomic E-state index is 0.270. The molecule has 80 valence electrons. The van der Waals surface area contributed by atoms with E-state index in [-0.39, 0.29) is 12.0 Å². The first kappa shape index (κ1) is 11.5. The molecule has 0 spiro atoms. The van der Waals surface area contributed by atoms with Gasteiger partial charge in [0.25, 0.3) is 0 Å². The van der Waals surface area contributed by atoms with Crippen molar-refractivity contribution in [2.75, 3.05) is 6.61 Å². The lowest BCUT2D eigenvalue weighted by Crippen LogP contribution is -2.22. The molecule has 1 aliphatic rings. The number of hydrogen-bond donors (Lipinski definition) is 1. The van der Waals surface area contributed by atoms with Gasteiger partial charge in [-0.3, -0.25) is 0 Å². The highest BCUT2D eigenvalue weighted by Gasteiger charge is 2.35. The van der Waals surface area contributed by atoms with Crippen LogP contribution in [-0.2, 0) is 0 Å². The largest absolute Gasteiger partial charge is 0.396 e. The Balaban J connectivity index is 2.59. The van der Waals surface area contributed by atoms with Gasteiger partial charge in [0, 0.05) is 6.61 Å². The number of hydrogen-bond acceptors (Lipinski definition) is 1. The molecule has 0 aliphatic heterocycles. The monoisotopic (exact) mass is 194 g/mol. The first-order chi connectivity index (χ1) is 6.50. The zero-order valence-corrected chi connectivity index (χ0v) is 9.64. The van der Waals surface area contributed by atoms with Gasteiger partial charge in [-0.15, -0.1) is 0 Å². The summed E-state index contributed by atoms with van der Waals surface area (Å²) in [6.45, 7) is 11.2. The Labute approximate surface area is 87.5 Å². The lowest BCUT2D eigenvalue weighted by molar-refractivity contribution is 0.278. The van der Waals surface area contributed by atoms with E-state index < -0.39 is 0 Å². The average Bonchev–Trinajstić information content (AvgIpc) is 2.38. The molecule has 1 unspecified atom stereocenters. The maximum atomic E-state index is 8.79. The molecule has 0 fully saturated rings. The Morgan fingerprint density at radius 1 is 1.64 bits per heavy atom. The topological polar surface area (TPSA) is 20.2 Å². The maximum absolute atomic E-state index is 8.79. The molecule has 1 aliphatic carbocycles. The number of rotatable bonds is 4. The van der Waals surface area contributed by atoms with E-state index in [1.54, 1.807) is 0 Å². The van der Waals surface area contributed by atoms with Gasteiger partial charge in [0.15, 0.2) is 0 Å². The standard InChI is InChI=1S/C13H22O/c1-10(6-5-9-14)12-8-7-11(2)13(12,3)4/h7,12,14H,1,5-6,8-9H2,2-4H3. The highest BCUT2D eigenvalue weighted by atomic mass is 16.2. The fraction of sp³-hybridized carbons (Fsp3) is 0.692. The van der Waals surface area contributed by atoms with E-state index in [0.717, 1.165) is 19.3 Å². The normalized spacial score (nSPS) is 24.9. The Morgan fingerprint density at radius 3 is 2.71 bits per heavy atom. The molecule has 0 aromatic carbocycles. The fourth-order valence-corrected chi connectivity index (χ4v) is 2.28. The van der Waals surface area contributed by atoms with Gasteiger partial charge in [-0.2, -0.15) is 0 Å². The van der Waals surface area contributed by atoms with Gasteiger partial charge in [0.1, 0.15) is 0 Å². The number of aliphatic hydroxyl groups excluding tert-OH is 1. The van der Waals surface area contributed by atoms with E-state index in [1.807, 2.05) is 0 Å². The summed E-state index contributed by atoms with van der Waals surface area (Å²) in [7, 11) is 0. The van der Waals surface area contributed by atoms with E-state index >= 15 is 0 Å². The SMILES string of the molecule is C=C(CCCO)C1CC=C(C)C1(C)C. The van der Waals surface area contributed by atoms with Crippen LogP contribution in [0.4, 0.5) is 0 Å². The van der Waals surface area contributed by atoms with Crippen molar-refractivity contribution in [3.63, 3.8) is 0 Å². The van der Waals surface area contributed by atoms with Crippen molar-refractivity contribution in [3.8, 4) is 0 Å². The van der Waals surface area contributed by atoms with Crippen LogP contribution >= 0.6 is 0 Å². The summed E-state index contributed by atoms with van der Waals surface area (Å²) in [5, 5.41) is 8.79. The summed E-state index contributed by atoms with van der Waals surface area (Å²) in [6, 6.07) is 0. The van der Waals surface area contributed by atoms with Crippen molar-refractivity contribution in [3.05, 3.63) is 23.8 Å². The van der Waals surface area contributed by atoms with E-state index in [1.165, 1.54) is 11.1 Å². The molecular weight excluding hydrogens is 172 g/mol. The molecule has 0 heterocycles. The third kappa shape index (κ3) is 2.09. The summed E-state index contributed by atoms with van der Waals surface area (Å²) >= 11 is 0. The molecule has 0 aromatic heterocycles. The first-order valence-corrected chi connectivity index (χ1v) is 5.46. The molecule has 1 N–H and O–H groups in total. The third-order valence-electron chi connectivity index (χ3n) is 3.70. The van der Waals surface area contributed by atoms with Crippen LogP contribution in [0.5, 0.6) is 0 Å². The summed E-state index contributed by atoms with van der Waals surface area (Å²) in [5.74, 6) is 0.578. The highest BCUT2D eigenvalue weighted by molar-refractivity contribution is 5.25. The summed E-state index contributed by atoms with van der Waals surface area (Å²) < 4.78 is 0. The van der Waals surface area contributed by atoms with Crippen molar-refractivity contribution in [1.29, 1.82) is 0 Å². The Morgan fingerprint density at radius 2 is 2.29 bits per heavy atom. The summed E-state index contributed by atoms with van der Waals surface area (Å²) in [6.07, 6.45) is 5.27. The van der Waals surface area contributed by atoms with Crippen LogP contribution < -0.4 is 0 Å². The molecule has 0 aromatic rings.